The van der Waals surface area contributed by atoms with Gasteiger partial charge in [0, 0.05) is 12.5 Å². The van der Waals surface area contributed by atoms with E-state index < -0.39 is 5.97 Å². The molecule has 1 saturated heterocycles. The average Bonchev–Trinajstić information content (AvgIpc) is 2.96. The van der Waals surface area contributed by atoms with Crippen molar-refractivity contribution in [3.63, 3.8) is 0 Å². The van der Waals surface area contributed by atoms with Gasteiger partial charge in [0.25, 0.3) is 0 Å². The van der Waals surface area contributed by atoms with Crippen molar-refractivity contribution in [3.8, 4) is 0 Å². The van der Waals surface area contributed by atoms with Crippen LogP contribution < -0.4 is 10.7 Å². The Labute approximate surface area is 119 Å². The SMILES string of the molecule is COC(=O)c1sccc1NC(=O)CN1NC(=O)CC1C. The summed E-state index contributed by atoms with van der Waals surface area (Å²) in [5.41, 5.74) is 3.03. The van der Waals surface area contributed by atoms with E-state index in [0.717, 1.165) is 0 Å². The number of thiophene rings is 1. The van der Waals surface area contributed by atoms with E-state index in [9.17, 15) is 14.4 Å². The van der Waals surface area contributed by atoms with E-state index in [1.165, 1.54) is 18.4 Å². The van der Waals surface area contributed by atoms with Crippen LogP contribution in [0.5, 0.6) is 0 Å². The molecule has 2 rings (SSSR count). The molecule has 20 heavy (non-hydrogen) atoms. The molecule has 0 saturated carbocycles. The van der Waals surface area contributed by atoms with Crippen LogP contribution in [0.4, 0.5) is 5.69 Å². The van der Waals surface area contributed by atoms with Crippen molar-refractivity contribution < 1.29 is 19.1 Å². The van der Waals surface area contributed by atoms with Crippen LogP contribution >= 0.6 is 11.3 Å². The number of hydrogen-bond acceptors (Lipinski definition) is 6. The summed E-state index contributed by atoms with van der Waals surface area (Å²) in [6.07, 6.45) is 0.374. The first-order chi connectivity index (χ1) is 9.51. The first kappa shape index (κ1) is 14.5. The van der Waals surface area contributed by atoms with Gasteiger partial charge in [-0.15, -0.1) is 11.3 Å². The molecule has 1 aliphatic heterocycles. The molecular formula is C12H15N3O4S. The van der Waals surface area contributed by atoms with Crippen LogP contribution in [0, 0.1) is 0 Å². The summed E-state index contributed by atoms with van der Waals surface area (Å²) in [5.74, 6) is -0.892. The molecule has 1 atom stereocenters. The Morgan fingerprint density at radius 3 is 2.95 bits per heavy atom. The molecule has 7 nitrogen and oxygen atoms in total. The molecule has 2 amide bonds. The predicted octanol–water partition coefficient (Wildman–Crippen LogP) is 0.599. The van der Waals surface area contributed by atoms with Gasteiger partial charge in [0.15, 0.2) is 0 Å². The number of hydrazine groups is 1. The van der Waals surface area contributed by atoms with Gasteiger partial charge in [-0.05, 0) is 18.4 Å². The summed E-state index contributed by atoms with van der Waals surface area (Å²) in [5, 5.41) is 5.91. The van der Waals surface area contributed by atoms with E-state index in [-0.39, 0.29) is 24.4 Å². The molecule has 0 bridgehead atoms. The highest BCUT2D eigenvalue weighted by Crippen LogP contribution is 2.23. The molecular weight excluding hydrogens is 282 g/mol. The van der Waals surface area contributed by atoms with Crippen LogP contribution in [0.1, 0.15) is 23.0 Å². The van der Waals surface area contributed by atoms with Crippen molar-refractivity contribution in [1.29, 1.82) is 0 Å². The number of rotatable bonds is 4. The van der Waals surface area contributed by atoms with Gasteiger partial charge >= 0.3 is 5.97 Å². The molecule has 2 N–H and O–H groups in total. The molecule has 0 radical (unpaired) electrons. The van der Waals surface area contributed by atoms with Crippen molar-refractivity contribution in [3.05, 3.63) is 16.3 Å². The summed E-state index contributed by atoms with van der Waals surface area (Å²) < 4.78 is 4.63. The van der Waals surface area contributed by atoms with E-state index >= 15 is 0 Å². The van der Waals surface area contributed by atoms with E-state index in [0.29, 0.717) is 17.0 Å². The van der Waals surface area contributed by atoms with Gasteiger partial charge in [-0.1, -0.05) is 0 Å². The largest absolute Gasteiger partial charge is 0.465 e. The maximum atomic E-state index is 11.9. The highest BCUT2D eigenvalue weighted by atomic mass is 32.1. The quantitative estimate of drug-likeness (QED) is 0.795. The number of amides is 2. The minimum atomic E-state index is -0.488. The third-order valence-corrected chi connectivity index (χ3v) is 3.80. The van der Waals surface area contributed by atoms with Gasteiger partial charge < -0.3 is 10.1 Å². The number of esters is 1. The normalized spacial score (nSPS) is 18.7. The molecule has 1 aliphatic rings. The Bertz CT molecular complexity index is 543. The Balaban J connectivity index is 1.97. The lowest BCUT2D eigenvalue weighted by Gasteiger charge is -2.19. The first-order valence-electron chi connectivity index (χ1n) is 6.03. The second-order valence-corrected chi connectivity index (χ2v) is 5.34. The van der Waals surface area contributed by atoms with Crippen LogP contribution in [-0.2, 0) is 14.3 Å². The fourth-order valence-electron chi connectivity index (χ4n) is 1.89. The zero-order valence-corrected chi connectivity index (χ0v) is 12.0. The monoisotopic (exact) mass is 297 g/mol. The smallest absolute Gasteiger partial charge is 0.350 e. The number of carbonyl (C=O) groups is 3. The van der Waals surface area contributed by atoms with Gasteiger partial charge in [0.05, 0.1) is 19.3 Å². The van der Waals surface area contributed by atoms with Crippen molar-refractivity contribution in [2.45, 2.75) is 19.4 Å². The Morgan fingerprint density at radius 2 is 2.35 bits per heavy atom. The molecule has 2 heterocycles. The molecule has 1 unspecified atom stereocenters. The third kappa shape index (κ3) is 3.14. The van der Waals surface area contributed by atoms with Gasteiger partial charge in [0.1, 0.15) is 4.88 Å². The summed E-state index contributed by atoms with van der Waals surface area (Å²) in [7, 11) is 1.29. The van der Waals surface area contributed by atoms with Crippen LogP contribution in [0.2, 0.25) is 0 Å². The highest BCUT2D eigenvalue weighted by molar-refractivity contribution is 7.12. The van der Waals surface area contributed by atoms with Gasteiger partial charge in [0.2, 0.25) is 11.8 Å². The van der Waals surface area contributed by atoms with Crippen molar-refractivity contribution in [2.24, 2.45) is 0 Å². The Morgan fingerprint density at radius 1 is 1.60 bits per heavy atom. The van der Waals surface area contributed by atoms with E-state index in [1.807, 2.05) is 6.92 Å². The van der Waals surface area contributed by atoms with Gasteiger partial charge in [-0.2, -0.15) is 0 Å². The minimum absolute atomic E-state index is 0.0311. The zero-order chi connectivity index (χ0) is 14.7. The molecule has 8 heteroatoms. The number of nitrogens with one attached hydrogen (secondary N) is 2. The van der Waals surface area contributed by atoms with Crippen molar-refractivity contribution in [2.75, 3.05) is 19.0 Å². The van der Waals surface area contributed by atoms with E-state index in [2.05, 4.69) is 15.5 Å². The number of nitrogens with zero attached hydrogens (tertiary/aromatic N) is 1. The standard InChI is InChI=1S/C12H15N3O4S/c1-7-5-9(16)14-15(7)6-10(17)13-8-3-4-20-11(8)12(18)19-2/h3-4,7H,5-6H2,1-2H3,(H,13,17)(H,14,16). The topological polar surface area (TPSA) is 87.7 Å². The molecule has 1 fully saturated rings. The van der Waals surface area contributed by atoms with Crippen LogP contribution in [0.25, 0.3) is 0 Å². The predicted molar refractivity (Wildman–Crippen MR) is 73.2 cm³/mol. The summed E-state index contributed by atoms with van der Waals surface area (Å²) in [6, 6.07) is 1.61. The molecule has 0 aliphatic carbocycles. The Hall–Kier alpha value is -1.93. The molecule has 0 aromatic carbocycles. The zero-order valence-electron chi connectivity index (χ0n) is 11.1. The average molecular weight is 297 g/mol. The third-order valence-electron chi connectivity index (χ3n) is 2.91. The van der Waals surface area contributed by atoms with Crippen LogP contribution in [-0.4, -0.2) is 42.5 Å². The summed E-state index contributed by atoms with van der Waals surface area (Å²) in [6.45, 7) is 1.89. The number of anilines is 1. The number of ether oxygens (including phenoxy) is 1. The summed E-state index contributed by atoms with van der Waals surface area (Å²) >= 11 is 1.20. The maximum absolute atomic E-state index is 11.9. The van der Waals surface area contributed by atoms with E-state index in [1.54, 1.807) is 16.5 Å². The Kier molecular flexibility index (Phi) is 4.35. The number of methoxy groups -OCH3 is 1. The van der Waals surface area contributed by atoms with Crippen molar-refractivity contribution in [1.82, 2.24) is 10.4 Å². The highest BCUT2D eigenvalue weighted by Gasteiger charge is 2.28. The summed E-state index contributed by atoms with van der Waals surface area (Å²) in [4.78, 5) is 35.0. The van der Waals surface area contributed by atoms with Gasteiger partial charge in [-0.25, -0.2) is 9.80 Å². The lowest BCUT2D eigenvalue weighted by Crippen LogP contribution is -2.42. The molecule has 1 aromatic heterocycles. The number of hydrogen-bond donors (Lipinski definition) is 2. The lowest BCUT2D eigenvalue weighted by molar-refractivity contribution is -0.122. The van der Waals surface area contributed by atoms with Crippen LogP contribution in [0.3, 0.4) is 0 Å². The lowest BCUT2D eigenvalue weighted by atomic mass is 10.2. The minimum Gasteiger partial charge on any atom is -0.465 e. The number of carbonyl (C=O) groups excluding carboxylic acids is 3. The van der Waals surface area contributed by atoms with E-state index in [4.69, 9.17) is 0 Å². The first-order valence-corrected chi connectivity index (χ1v) is 6.91. The second-order valence-electron chi connectivity index (χ2n) is 4.42. The van der Waals surface area contributed by atoms with Crippen LogP contribution in [0.15, 0.2) is 11.4 Å². The molecule has 1 aromatic rings. The fraction of sp³-hybridized carbons (Fsp3) is 0.417. The fourth-order valence-corrected chi connectivity index (χ4v) is 2.66. The maximum Gasteiger partial charge on any atom is 0.350 e. The van der Waals surface area contributed by atoms with Gasteiger partial charge in [-0.3, -0.25) is 15.0 Å². The molecule has 108 valence electrons. The molecule has 0 spiro atoms. The second kappa shape index (κ2) is 6.02. The van der Waals surface area contributed by atoms with Crippen molar-refractivity contribution >= 4 is 34.8 Å².